The molecule has 0 aromatic rings. The van der Waals surface area contributed by atoms with Gasteiger partial charge in [-0.05, 0) is 18.8 Å². The zero-order chi connectivity index (χ0) is 10.6. The van der Waals surface area contributed by atoms with E-state index in [1.807, 2.05) is 0 Å². The molecular formula is C8H19N3O2S. The van der Waals surface area contributed by atoms with E-state index in [0.29, 0.717) is 25.6 Å². The quantitative estimate of drug-likeness (QED) is 0.498. The Labute approximate surface area is 85.7 Å². The van der Waals surface area contributed by atoms with Crippen molar-refractivity contribution in [2.45, 2.75) is 19.3 Å². The van der Waals surface area contributed by atoms with Crippen LogP contribution in [0.2, 0.25) is 0 Å². The van der Waals surface area contributed by atoms with Gasteiger partial charge in [-0.15, -0.1) is 0 Å². The second-order valence-corrected chi connectivity index (χ2v) is 5.87. The van der Waals surface area contributed by atoms with Gasteiger partial charge >= 0.3 is 0 Å². The second kappa shape index (κ2) is 5.06. The molecule has 0 aliphatic carbocycles. The van der Waals surface area contributed by atoms with Crippen LogP contribution in [0.5, 0.6) is 0 Å². The van der Waals surface area contributed by atoms with Crippen LogP contribution in [0, 0.1) is 5.92 Å². The van der Waals surface area contributed by atoms with Gasteiger partial charge in [0.05, 0.1) is 6.26 Å². The fourth-order valence-corrected chi connectivity index (χ4v) is 2.77. The summed E-state index contributed by atoms with van der Waals surface area (Å²) in [4.78, 5) is 0. The summed E-state index contributed by atoms with van der Waals surface area (Å²) in [6, 6.07) is 0. The van der Waals surface area contributed by atoms with Crippen LogP contribution in [0.25, 0.3) is 0 Å². The molecule has 0 amide bonds. The minimum absolute atomic E-state index is 0.345. The number of nitrogens with zero attached hydrogens (tertiary/aromatic N) is 1. The van der Waals surface area contributed by atoms with E-state index in [1.54, 1.807) is 4.31 Å². The summed E-state index contributed by atoms with van der Waals surface area (Å²) in [6.07, 6.45) is 4.36. The molecule has 0 spiro atoms. The van der Waals surface area contributed by atoms with Crippen molar-refractivity contribution in [2.75, 3.05) is 25.9 Å². The van der Waals surface area contributed by atoms with E-state index in [2.05, 4.69) is 5.43 Å². The SMILES string of the molecule is CS(=O)(=O)N1CCCCC(CNN)C1. The van der Waals surface area contributed by atoms with Gasteiger partial charge in [-0.1, -0.05) is 6.42 Å². The van der Waals surface area contributed by atoms with Gasteiger partial charge in [-0.3, -0.25) is 11.3 Å². The van der Waals surface area contributed by atoms with E-state index in [1.165, 1.54) is 6.26 Å². The van der Waals surface area contributed by atoms with Crippen LogP contribution in [0.15, 0.2) is 0 Å². The van der Waals surface area contributed by atoms with Crippen molar-refractivity contribution >= 4 is 10.0 Å². The molecule has 0 aromatic carbocycles. The van der Waals surface area contributed by atoms with E-state index in [-0.39, 0.29) is 0 Å². The highest BCUT2D eigenvalue weighted by atomic mass is 32.2. The van der Waals surface area contributed by atoms with Crippen molar-refractivity contribution in [2.24, 2.45) is 11.8 Å². The van der Waals surface area contributed by atoms with Gasteiger partial charge in [0.1, 0.15) is 0 Å². The number of sulfonamides is 1. The lowest BCUT2D eigenvalue weighted by Gasteiger charge is -2.21. The van der Waals surface area contributed by atoms with Crippen molar-refractivity contribution in [1.29, 1.82) is 0 Å². The molecule has 1 atom stereocenters. The highest BCUT2D eigenvalue weighted by Crippen LogP contribution is 2.17. The van der Waals surface area contributed by atoms with Crippen molar-refractivity contribution in [1.82, 2.24) is 9.73 Å². The van der Waals surface area contributed by atoms with Crippen LogP contribution in [0.1, 0.15) is 19.3 Å². The fourth-order valence-electron chi connectivity index (χ4n) is 1.83. The first kappa shape index (κ1) is 11.9. The minimum Gasteiger partial charge on any atom is -0.271 e. The average Bonchev–Trinajstić information content (AvgIpc) is 2.29. The highest BCUT2D eigenvalue weighted by Gasteiger charge is 2.23. The third kappa shape index (κ3) is 3.53. The molecule has 1 aliphatic rings. The van der Waals surface area contributed by atoms with Crippen LogP contribution >= 0.6 is 0 Å². The summed E-state index contributed by atoms with van der Waals surface area (Å²) < 4.78 is 24.3. The number of hydrogen-bond acceptors (Lipinski definition) is 4. The molecule has 1 unspecified atom stereocenters. The van der Waals surface area contributed by atoms with Crippen LogP contribution in [0.3, 0.4) is 0 Å². The normalized spacial score (nSPS) is 26.0. The van der Waals surface area contributed by atoms with Crippen molar-refractivity contribution in [3.63, 3.8) is 0 Å². The minimum atomic E-state index is -3.04. The first-order chi connectivity index (χ1) is 6.54. The standard InChI is InChI=1S/C8H19N3O2S/c1-14(12,13)11-5-3-2-4-8(7-11)6-10-9/h8,10H,2-7,9H2,1H3. The van der Waals surface area contributed by atoms with Crippen LogP contribution in [-0.4, -0.2) is 38.6 Å². The zero-order valence-corrected chi connectivity index (χ0v) is 9.39. The fraction of sp³-hybridized carbons (Fsp3) is 1.00. The van der Waals surface area contributed by atoms with Gasteiger partial charge in [-0.25, -0.2) is 12.7 Å². The Morgan fingerprint density at radius 1 is 1.50 bits per heavy atom. The molecule has 1 heterocycles. The predicted octanol–water partition coefficient (Wildman–Crippen LogP) is -0.489. The largest absolute Gasteiger partial charge is 0.271 e. The molecule has 5 nitrogen and oxygen atoms in total. The van der Waals surface area contributed by atoms with E-state index in [4.69, 9.17) is 5.84 Å². The smallest absolute Gasteiger partial charge is 0.211 e. The summed E-state index contributed by atoms with van der Waals surface area (Å²) in [5.41, 5.74) is 2.62. The topological polar surface area (TPSA) is 75.4 Å². The van der Waals surface area contributed by atoms with Crippen LogP contribution in [0.4, 0.5) is 0 Å². The summed E-state index contributed by atoms with van der Waals surface area (Å²) >= 11 is 0. The molecule has 0 bridgehead atoms. The number of rotatable bonds is 3. The van der Waals surface area contributed by atoms with Gasteiger partial charge < -0.3 is 0 Å². The number of hydrazine groups is 1. The third-order valence-electron chi connectivity index (χ3n) is 2.61. The molecule has 1 rings (SSSR count). The van der Waals surface area contributed by atoms with Crippen molar-refractivity contribution in [3.05, 3.63) is 0 Å². The zero-order valence-electron chi connectivity index (χ0n) is 8.57. The van der Waals surface area contributed by atoms with Gasteiger partial charge in [0, 0.05) is 19.6 Å². The van der Waals surface area contributed by atoms with E-state index >= 15 is 0 Å². The molecule has 0 aromatic heterocycles. The van der Waals surface area contributed by atoms with Gasteiger partial charge in [0.15, 0.2) is 0 Å². The Bertz CT molecular complexity index is 266. The maximum atomic E-state index is 11.4. The Kier molecular flexibility index (Phi) is 4.31. The first-order valence-corrected chi connectivity index (χ1v) is 6.77. The number of nitrogens with one attached hydrogen (secondary N) is 1. The lowest BCUT2D eigenvalue weighted by atomic mass is 10.0. The van der Waals surface area contributed by atoms with Gasteiger partial charge in [0.25, 0.3) is 0 Å². The summed E-state index contributed by atoms with van der Waals surface area (Å²) in [7, 11) is -3.04. The third-order valence-corrected chi connectivity index (χ3v) is 3.88. The molecule has 3 N–H and O–H groups in total. The van der Waals surface area contributed by atoms with Crippen LogP contribution in [-0.2, 0) is 10.0 Å². The molecule has 0 radical (unpaired) electrons. The molecule has 1 saturated heterocycles. The number of nitrogens with two attached hydrogens (primary N) is 1. The molecule has 84 valence electrons. The number of hydrogen-bond donors (Lipinski definition) is 2. The lowest BCUT2D eigenvalue weighted by molar-refractivity contribution is 0.356. The molecule has 1 fully saturated rings. The summed E-state index contributed by atoms with van der Waals surface area (Å²) in [5, 5.41) is 0. The van der Waals surface area contributed by atoms with E-state index in [9.17, 15) is 8.42 Å². The van der Waals surface area contributed by atoms with Gasteiger partial charge in [-0.2, -0.15) is 0 Å². The predicted molar refractivity (Wildman–Crippen MR) is 55.9 cm³/mol. The second-order valence-electron chi connectivity index (χ2n) is 3.89. The van der Waals surface area contributed by atoms with Crippen LogP contribution < -0.4 is 11.3 Å². The first-order valence-electron chi connectivity index (χ1n) is 4.92. The van der Waals surface area contributed by atoms with Crippen molar-refractivity contribution < 1.29 is 8.42 Å². The van der Waals surface area contributed by atoms with Crippen molar-refractivity contribution in [3.8, 4) is 0 Å². The maximum absolute atomic E-state index is 11.4. The highest BCUT2D eigenvalue weighted by molar-refractivity contribution is 7.88. The molecule has 6 heteroatoms. The Hall–Kier alpha value is -0.170. The Morgan fingerprint density at radius 3 is 2.79 bits per heavy atom. The average molecular weight is 221 g/mol. The molecular weight excluding hydrogens is 202 g/mol. The van der Waals surface area contributed by atoms with E-state index < -0.39 is 10.0 Å². The molecule has 0 saturated carbocycles. The molecule has 14 heavy (non-hydrogen) atoms. The monoisotopic (exact) mass is 221 g/mol. The summed E-state index contributed by atoms with van der Waals surface area (Å²) in [5.74, 6) is 5.59. The Balaban J connectivity index is 2.60. The van der Waals surface area contributed by atoms with Gasteiger partial charge in [0.2, 0.25) is 10.0 Å². The lowest BCUT2D eigenvalue weighted by Crippen LogP contribution is -2.38. The molecule has 1 aliphatic heterocycles. The summed E-state index contributed by atoms with van der Waals surface area (Å²) in [6.45, 7) is 1.94. The Morgan fingerprint density at radius 2 is 2.21 bits per heavy atom. The maximum Gasteiger partial charge on any atom is 0.211 e. The van der Waals surface area contributed by atoms with E-state index in [0.717, 1.165) is 19.3 Å².